The molecule has 1 fully saturated rings. The van der Waals surface area contributed by atoms with Crippen LogP contribution < -0.4 is 4.90 Å². The van der Waals surface area contributed by atoms with Gasteiger partial charge in [-0.25, -0.2) is 9.18 Å². The van der Waals surface area contributed by atoms with Crippen molar-refractivity contribution in [3.8, 4) is 0 Å². The molecule has 0 amide bonds. The SMILES string of the molecule is CCC1CN(C)CCCN1c1cccc(F)c1C(=O)O. The lowest BCUT2D eigenvalue weighted by molar-refractivity contribution is 0.0692. The van der Waals surface area contributed by atoms with Crippen molar-refractivity contribution >= 4 is 11.7 Å². The molecule has 1 aliphatic rings. The van der Waals surface area contributed by atoms with Crippen LogP contribution in [0.2, 0.25) is 0 Å². The summed E-state index contributed by atoms with van der Waals surface area (Å²) in [6.07, 6.45) is 1.85. The molecule has 0 aromatic heterocycles. The van der Waals surface area contributed by atoms with Gasteiger partial charge >= 0.3 is 5.97 Å². The molecule has 1 aromatic rings. The van der Waals surface area contributed by atoms with E-state index in [2.05, 4.69) is 23.8 Å². The second-order valence-corrected chi connectivity index (χ2v) is 5.31. The average molecular weight is 280 g/mol. The van der Waals surface area contributed by atoms with E-state index in [9.17, 15) is 14.3 Å². The van der Waals surface area contributed by atoms with Gasteiger partial charge in [-0.05, 0) is 38.6 Å². The average Bonchev–Trinajstić information content (AvgIpc) is 2.59. The maximum absolute atomic E-state index is 13.8. The number of aromatic carboxylic acids is 1. The van der Waals surface area contributed by atoms with Crippen molar-refractivity contribution in [2.75, 3.05) is 31.6 Å². The Bertz CT molecular complexity index is 493. The van der Waals surface area contributed by atoms with E-state index in [4.69, 9.17) is 0 Å². The van der Waals surface area contributed by atoms with E-state index in [0.29, 0.717) is 5.69 Å². The molecule has 1 aliphatic heterocycles. The maximum Gasteiger partial charge on any atom is 0.340 e. The number of benzene rings is 1. The van der Waals surface area contributed by atoms with Crippen LogP contribution in [0.1, 0.15) is 30.1 Å². The zero-order valence-corrected chi connectivity index (χ0v) is 12.0. The number of hydrogen-bond acceptors (Lipinski definition) is 3. The minimum Gasteiger partial charge on any atom is -0.478 e. The van der Waals surface area contributed by atoms with Crippen molar-refractivity contribution in [3.05, 3.63) is 29.6 Å². The van der Waals surface area contributed by atoms with Crippen LogP contribution >= 0.6 is 0 Å². The first-order valence-electron chi connectivity index (χ1n) is 7.01. The summed E-state index contributed by atoms with van der Waals surface area (Å²) in [5.41, 5.74) is 0.287. The van der Waals surface area contributed by atoms with E-state index in [1.807, 2.05) is 0 Å². The van der Waals surface area contributed by atoms with Gasteiger partial charge in [-0.1, -0.05) is 13.0 Å². The van der Waals surface area contributed by atoms with Gasteiger partial charge in [0.25, 0.3) is 0 Å². The number of carboxylic acid groups (broad SMARTS) is 1. The van der Waals surface area contributed by atoms with Crippen LogP contribution in [0, 0.1) is 5.82 Å². The second kappa shape index (κ2) is 6.22. The van der Waals surface area contributed by atoms with Crippen LogP contribution in [0.5, 0.6) is 0 Å². The summed E-state index contributed by atoms with van der Waals surface area (Å²) in [5.74, 6) is -1.87. The molecule has 1 atom stereocenters. The van der Waals surface area contributed by atoms with E-state index >= 15 is 0 Å². The topological polar surface area (TPSA) is 43.8 Å². The Labute approximate surface area is 118 Å². The molecule has 1 saturated heterocycles. The molecule has 110 valence electrons. The zero-order chi connectivity index (χ0) is 14.7. The molecule has 4 nitrogen and oxygen atoms in total. The Hall–Kier alpha value is -1.62. The van der Waals surface area contributed by atoms with Gasteiger partial charge in [0.15, 0.2) is 0 Å². The van der Waals surface area contributed by atoms with Crippen molar-refractivity contribution in [2.24, 2.45) is 0 Å². The molecule has 0 bridgehead atoms. The molecular weight excluding hydrogens is 259 g/mol. The molecule has 5 heteroatoms. The number of likely N-dealkylation sites (N-methyl/N-ethyl adjacent to an activating group) is 1. The number of hydrogen-bond donors (Lipinski definition) is 1. The highest BCUT2D eigenvalue weighted by atomic mass is 19.1. The Morgan fingerprint density at radius 1 is 1.45 bits per heavy atom. The normalized spacial score (nSPS) is 20.8. The van der Waals surface area contributed by atoms with E-state index in [-0.39, 0.29) is 11.6 Å². The summed E-state index contributed by atoms with van der Waals surface area (Å²) in [7, 11) is 2.07. The minimum atomic E-state index is -1.20. The van der Waals surface area contributed by atoms with Crippen LogP contribution in [0.15, 0.2) is 18.2 Å². The fourth-order valence-corrected chi connectivity index (χ4v) is 2.87. The van der Waals surface area contributed by atoms with Crippen molar-refractivity contribution in [1.82, 2.24) is 4.90 Å². The predicted molar refractivity (Wildman–Crippen MR) is 76.9 cm³/mol. The largest absolute Gasteiger partial charge is 0.478 e. The minimum absolute atomic E-state index is 0.211. The summed E-state index contributed by atoms with van der Waals surface area (Å²) >= 11 is 0. The number of rotatable bonds is 3. The highest BCUT2D eigenvalue weighted by molar-refractivity contribution is 5.94. The van der Waals surface area contributed by atoms with Crippen LogP contribution in [-0.4, -0.2) is 48.7 Å². The van der Waals surface area contributed by atoms with Gasteiger partial charge in [-0.2, -0.15) is 0 Å². The number of halogens is 1. The second-order valence-electron chi connectivity index (χ2n) is 5.31. The third-order valence-corrected chi connectivity index (χ3v) is 3.89. The number of carbonyl (C=O) groups is 1. The van der Waals surface area contributed by atoms with E-state index in [0.717, 1.165) is 32.5 Å². The Morgan fingerprint density at radius 3 is 2.85 bits per heavy atom. The quantitative estimate of drug-likeness (QED) is 0.923. The standard InChI is InChI=1S/C15H21FN2O2/c1-3-11-10-17(2)8-5-9-18(11)13-7-4-6-12(16)14(13)15(19)20/h4,6-7,11H,3,5,8-10H2,1-2H3,(H,19,20). The van der Waals surface area contributed by atoms with Gasteiger partial charge in [0.05, 0.1) is 5.69 Å². The predicted octanol–water partition coefficient (Wildman–Crippen LogP) is 2.44. The van der Waals surface area contributed by atoms with Crippen molar-refractivity contribution < 1.29 is 14.3 Å². The van der Waals surface area contributed by atoms with Crippen LogP contribution in [0.25, 0.3) is 0 Å². The molecule has 0 spiro atoms. The van der Waals surface area contributed by atoms with Crippen molar-refractivity contribution in [1.29, 1.82) is 0 Å². The summed E-state index contributed by atoms with van der Waals surface area (Å²) in [6.45, 7) is 4.68. The lowest BCUT2D eigenvalue weighted by Crippen LogP contribution is -2.40. The van der Waals surface area contributed by atoms with Gasteiger partial charge in [0, 0.05) is 19.1 Å². The highest BCUT2D eigenvalue weighted by Crippen LogP contribution is 2.27. The number of carboxylic acids is 1. The van der Waals surface area contributed by atoms with Crippen LogP contribution in [-0.2, 0) is 0 Å². The van der Waals surface area contributed by atoms with E-state index in [1.54, 1.807) is 12.1 Å². The molecule has 1 N–H and O–H groups in total. The van der Waals surface area contributed by atoms with Gasteiger partial charge in [-0.15, -0.1) is 0 Å². The lowest BCUT2D eigenvalue weighted by Gasteiger charge is -2.33. The highest BCUT2D eigenvalue weighted by Gasteiger charge is 2.27. The lowest BCUT2D eigenvalue weighted by atomic mass is 10.1. The Balaban J connectivity index is 2.43. The smallest absolute Gasteiger partial charge is 0.340 e. The monoisotopic (exact) mass is 280 g/mol. The third-order valence-electron chi connectivity index (χ3n) is 3.89. The van der Waals surface area contributed by atoms with Crippen LogP contribution in [0.4, 0.5) is 10.1 Å². The zero-order valence-electron chi connectivity index (χ0n) is 12.0. The molecule has 0 saturated carbocycles. The number of nitrogens with zero attached hydrogens (tertiary/aromatic N) is 2. The first-order valence-corrected chi connectivity index (χ1v) is 7.01. The Kier molecular flexibility index (Phi) is 4.60. The van der Waals surface area contributed by atoms with Gasteiger partial charge in [-0.3, -0.25) is 0 Å². The first kappa shape index (κ1) is 14.8. The molecule has 2 rings (SSSR count). The van der Waals surface area contributed by atoms with Crippen LogP contribution in [0.3, 0.4) is 0 Å². The summed E-state index contributed by atoms with van der Waals surface area (Å²) in [5, 5.41) is 9.28. The molecule has 1 heterocycles. The van der Waals surface area contributed by atoms with Gasteiger partial charge in [0.1, 0.15) is 11.4 Å². The Morgan fingerprint density at radius 2 is 2.20 bits per heavy atom. The summed E-state index contributed by atoms with van der Waals surface area (Å²) < 4.78 is 13.8. The fraction of sp³-hybridized carbons (Fsp3) is 0.533. The van der Waals surface area contributed by atoms with Gasteiger partial charge < -0.3 is 14.9 Å². The third kappa shape index (κ3) is 2.93. The molecular formula is C15H21FN2O2. The fourth-order valence-electron chi connectivity index (χ4n) is 2.87. The molecule has 20 heavy (non-hydrogen) atoms. The van der Waals surface area contributed by atoms with E-state index in [1.165, 1.54) is 6.07 Å². The molecule has 1 unspecified atom stereocenters. The van der Waals surface area contributed by atoms with Crippen molar-refractivity contribution in [3.63, 3.8) is 0 Å². The van der Waals surface area contributed by atoms with E-state index < -0.39 is 11.8 Å². The number of anilines is 1. The maximum atomic E-state index is 13.8. The summed E-state index contributed by atoms with van der Waals surface area (Å²) in [6, 6.07) is 4.71. The van der Waals surface area contributed by atoms with Crippen molar-refractivity contribution in [2.45, 2.75) is 25.8 Å². The first-order chi connectivity index (χ1) is 9.54. The summed E-state index contributed by atoms with van der Waals surface area (Å²) in [4.78, 5) is 15.6. The van der Waals surface area contributed by atoms with Gasteiger partial charge in [0.2, 0.25) is 0 Å². The molecule has 0 radical (unpaired) electrons. The molecule has 1 aromatic carbocycles. The molecule has 0 aliphatic carbocycles.